The Balaban J connectivity index is 2.48. The van der Waals surface area contributed by atoms with Gasteiger partial charge >= 0.3 is 5.97 Å². The van der Waals surface area contributed by atoms with Crippen LogP contribution in [0.5, 0.6) is 0 Å². The van der Waals surface area contributed by atoms with Crippen LogP contribution < -0.4 is 0 Å². The van der Waals surface area contributed by atoms with E-state index in [4.69, 9.17) is 27.9 Å². The van der Waals surface area contributed by atoms with E-state index >= 15 is 0 Å². The van der Waals surface area contributed by atoms with Crippen molar-refractivity contribution in [2.24, 2.45) is 0 Å². The molecule has 3 rings (SSSR count). The van der Waals surface area contributed by atoms with Gasteiger partial charge in [-0.3, -0.25) is 4.98 Å². The zero-order chi connectivity index (χ0) is 15.3. The van der Waals surface area contributed by atoms with Gasteiger partial charge in [0.25, 0.3) is 0 Å². The van der Waals surface area contributed by atoms with Crippen molar-refractivity contribution in [1.82, 2.24) is 4.98 Å². The monoisotopic (exact) mass is 325 g/mol. The number of hydrogen-bond acceptors (Lipinski definition) is 3. The van der Waals surface area contributed by atoms with Crippen LogP contribution in [-0.2, 0) is 11.2 Å². The van der Waals surface area contributed by atoms with Gasteiger partial charge in [-0.1, -0.05) is 23.2 Å². The molecule has 2 heterocycles. The number of aromatic carboxylic acids is 1. The molecule has 0 aliphatic carbocycles. The maximum absolute atomic E-state index is 11.8. The highest BCUT2D eigenvalue weighted by Crippen LogP contribution is 2.39. The third-order valence-corrected chi connectivity index (χ3v) is 4.31. The minimum Gasteiger partial charge on any atom is -0.478 e. The summed E-state index contributed by atoms with van der Waals surface area (Å²) in [4.78, 5) is 16.4. The number of hydrogen-bond donors (Lipinski definition) is 1. The summed E-state index contributed by atoms with van der Waals surface area (Å²) in [6.07, 6.45) is 0.192. The predicted octanol–water partition coefficient (Wildman–Crippen LogP) is 4.26. The van der Waals surface area contributed by atoms with Crippen molar-refractivity contribution in [1.29, 1.82) is 0 Å². The SMILES string of the molecule is CC1Cc2nc3c(Cl)ccc(Cl)c3c(C(=O)O)c2C(C)O1. The van der Waals surface area contributed by atoms with E-state index in [1.54, 1.807) is 12.1 Å². The molecule has 0 fully saturated rings. The van der Waals surface area contributed by atoms with Gasteiger partial charge < -0.3 is 9.84 Å². The number of carboxylic acids is 1. The zero-order valence-electron chi connectivity index (χ0n) is 11.5. The number of pyridine rings is 1. The number of ether oxygens (including phenoxy) is 1. The topological polar surface area (TPSA) is 59.4 Å². The molecule has 0 amide bonds. The molecule has 1 aliphatic heterocycles. The fourth-order valence-electron chi connectivity index (χ4n) is 2.91. The molecule has 2 atom stereocenters. The van der Waals surface area contributed by atoms with Crippen molar-refractivity contribution < 1.29 is 14.6 Å². The molecule has 4 nitrogen and oxygen atoms in total. The van der Waals surface area contributed by atoms with Crippen molar-refractivity contribution in [2.45, 2.75) is 32.5 Å². The first-order valence-electron chi connectivity index (χ1n) is 6.59. The third kappa shape index (κ3) is 2.27. The van der Waals surface area contributed by atoms with Crippen LogP contribution in [0.1, 0.15) is 41.6 Å². The van der Waals surface area contributed by atoms with Gasteiger partial charge in [0.15, 0.2) is 0 Å². The van der Waals surface area contributed by atoms with E-state index in [9.17, 15) is 9.90 Å². The Hall–Kier alpha value is -1.36. The average molecular weight is 326 g/mol. The molecule has 21 heavy (non-hydrogen) atoms. The Bertz CT molecular complexity index is 760. The molecule has 6 heteroatoms. The van der Waals surface area contributed by atoms with Crippen molar-refractivity contribution >= 4 is 40.1 Å². The Morgan fingerprint density at radius 3 is 2.67 bits per heavy atom. The highest BCUT2D eigenvalue weighted by Gasteiger charge is 2.31. The molecule has 2 unspecified atom stereocenters. The first-order chi connectivity index (χ1) is 9.90. The van der Waals surface area contributed by atoms with Crippen molar-refractivity contribution in [2.75, 3.05) is 0 Å². The van der Waals surface area contributed by atoms with Crippen LogP contribution in [0.25, 0.3) is 10.9 Å². The number of carboxylic acid groups (broad SMARTS) is 1. The molecule has 0 radical (unpaired) electrons. The van der Waals surface area contributed by atoms with E-state index in [1.807, 2.05) is 13.8 Å². The molecule has 0 saturated heterocycles. The van der Waals surface area contributed by atoms with Gasteiger partial charge in [0, 0.05) is 17.4 Å². The molecule has 0 spiro atoms. The maximum atomic E-state index is 11.8. The van der Waals surface area contributed by atoms with Crippen LogP contribution >= 0.6 is 23.2 Å². The molecule has 1 aromatic carbocycles. The maximum Gasteiger partial charge on any atom is 0.336 e. The molecular weight excluding hydrogens is 313 g/mol. The van der Waals surface area contributed by atoms with Gasteiger partial charge in [-0.05, 0) is 26.0 Å². The molecule has 110 valence electrons. The lowest BCUT2D eigenvalue weighted by Gasteiger charge is -2.29. The number of halogens is 2. The Morgan fingerprint density at radius 2 is 2.00 bits per heavy atom. The molecule has 2 aromatic rings. The Kier molecular flexibility index (Phi) is 3.56. The van der Waals surface area contributed by atoms with E-state index in [0.29, 0.717) is 32.9 Å². The smallest absolute Gasteiger partial charge is 0.336 e. The molecule has 1 aromatic heterocycles. The van der Waals surface area contributed by atoms with Crippen LogP contribution in [0.3, 0.4) is 0 Å². The second-order valence-electron chi connectivity index (χ2n) is 5.20. The molecule has 0 saturated carbocycles. The standard InChI is InChI=1S/C15H13Cl2NO3/c1-6-5-10-11(7(2)21-6)13(15(19)20)12-8(16)3-4-9(17)14(12)18-10/h3-4,6-7H,5H2,1-2H3,(H,19,20). The normalized spacial score (nSPS) is 21.3. The quantitative estimate of drug-likeness (QED) is 0.850. The van der Waals surface area contributed by atoms with E-state index < -0.39 is 5.97 Å². The second-order valence-corrected chi connectivity index (χ2v) is 6.01. The summed E-state index contributed by atoms with van der Waals surface area (Å²) < 4.78 is 5.74. The molecule has 0 bridgehead atoms. The summed E-state index contributed by atoms with van der Waals surface area (Å²) in [5.41, 5.74) is 1.89. The largest absolute Gasteiger partial charge is 0.478 e. The highest BCUT2D eigenvalue weighted by atomic mass is 35.5. The van der Waals surface area contributed by atoms with Crippen LogP contribution in [0.2, 0.25) is 10.0 Å². The lowest BCUT2D eigenvalue weighted by Crippen LogP contribution is -2.26. The number of nitrogens with zero attached hydrogens (tertiary/aromatic N) is 1. The number of benzene rings is 1. The summed E-state index contributed by atoms with van der Waals surface area (Å²) >= 11 is 12.4. The van der Waals surface area contributed by atoms with Gasteiger partial charge in [0.2, 0.25) is 0 Å². The summed E-state index contributed by atoms with van der Waals surface area (Å²) in [6, 6.07) is 3.22. The number of fused-ring (bicyclic) bond motifs is 2. The van der Waals surface area contributed by atoms with Gasteiger partial charge in [-0.2, -0.15) is 0 Å². The van der Waals surface area contributed by atoms with Crippen LogP contribution in [0.15, 0.2) is 12.1 Å². The third-order valence-electron chi connectivity index (χ3n) is 3.69. The summed E-state index contributed by atoms with van der Waals surface area (Å²) in [5.74, 6) is -1.05. The first-order valence-corrected chi connectivity index (χ1v) is 7.35. The second kappa shape index (κ2) is 5.13. The van der Waals surface area contributed by atoms with E-state index in [1.165, 1.54) is 0 Å². The Labute approximate surface area is 131 Å². The molecular formula is C15H13Cl2NO3. The fourth-order valence-corrected chi connectivity index (χ4v) is 3.36. The van der Waals surface area contributed by atoms with Crippen LogP contribution in [-0.4, -0.2) is 22.2 Å². The van der Waals surface area contributed by atoms with Gasteiger partial charge in [0.05, 0.1) is 39.0 Å². The van der Waals surface area contributed by atoms with E-state index in [2.05, 4.69) is 4.98 Å². The Morgan fingerprint density at radius 1 is 1.33 bits per heavy atom. The zero-order valence-corrected chi connectivity index (χ0v) is 13.0. The summed E-state index contributed by atoms with van der Waals surface area (Å²) in [7, 11) is 0. The number of aromatic nitrogens is 1. The average Bonchev–Trinajstić information content (AvgIpc) is 2.40. The van der Waals surface area contributed by atoms with E-state index in [-0.39, 0.29) is 17.8 Å². The van der Waals surface area contributed by atoms with Crippen LogP contribution in [0.4, 0.5) is 0 Å². The minimum atomic E-state index is -1.05. The van der Waals surface area contributed by atoms with Crippen molar-refractivity contribution in [3.05, 3.63) is 39.0 Å². The lowest BCUT2D eigenvalue weighted by atomic mass is 9.92. The predicted molar refractivity (Wildman–Crippen MR) is 81.4 cm³/mol. The number of rotatable bonds is 1. The number of carbonyl (C=O) groups is 1. The van der Waals surface area contributed by atoms with Crippen LogP contribution in [0, 0.1) is 0 Å². The van der Waals surface area contributed by atoms with E-state index in [0.717, 1.165) is 5.69 Å². The summed E-state index contributed by atoms with van der Waals surface area (Å²) in [5, 5.41) is 10.7. The van der Waals surface area contributed by atoms with Crippen molar-refractivity contribution in [3.63, 3.8) is 0 Å². The summed E-state index contributed by atoms with van der Waals surface area (Å²) in [6.45, 7) is 3.76. The first kappa shape index (κ1) is 14.6. The van der Waals surface area contributed by atoms with Gasteiger partial charge in [-0.15, -0.1) is 0 Å². The van der Waals surface area contributed by atoms with Crippen molar-refractivity contribution in [3.8, 4) is 0 Å². The fraction of sp³-hybridized carbons (Fsp3) is 0.333. The van der Waals surface area contributed by atoms with Gasteiger partial charge in [-0.25, -0.2) is 4.79 Å². The van der Waals surface area contributed by atoms with Gasteiger partial charge in [0.1, 0.15) is 0 Å². The minimum absolute atomic E-state index is 0.0166. The molecule has 1 N–H and O–H groups in total. The molecule has 1 aliphatic rings. The lowest BCUT2D eigenvalue weighted by molar-refractivity contribution is -0.00661. The highest BCUT2D eigenvalue weighted by molar-refractivity contribution is 6.41.